The number of rotatable bonds is 4. The smallest absolute Gasteiger partial charge is 0.210 e. The normalized spacial score (nSPS) is 12.1. The zero-order valence-corrected chi connectivity index (χ0v) is 18.2. The van der Waals surface area contributed by atoms with Crippen LogP contribution in [0.3, 0.4) is 0 Å². The molecule has 0 spiro atoms. The van der Waals surface area contributed by atoms with E-state index in [0.29, 0.717) is 0 Å². The van der Waals surface area contributed by atoms with Crippen LogP contribution in [-0.2, 0) is 19.7 Å². The van der Waals surface area contributed by atoms with Crippen molar-refractivity contribution in [3.8, 4) is 5.75 Å². The predicted molar refractivity (Wildman–Crippen MR) is 111 cm³/mol. The summed E-state index contributed by atoms with van der Waals surface area (Å²) in [6.07, 6.45) is 0. The lowest BCUT2D eigenvalue weighted by atomic mass is 10.1. The molecule has 5 nitrogen and oxygen atoms in total. The molecule has 0 saturated carbocycles. The largest absolute Gasteiger partial charge is 0.507 e. The van der Waals surface area contributed by atoms with Gasteiger partial charge in [0.25, 0.3) is 0 Å². The molecule has 0 fully saturated rings. The summed E-state index contributed by atoms with van der Waals surface area (Å²) >= 11 is 0. The summed E-state index contributed by atoms with van der Waals surface area (Å²) < 4.78 is 52.2. The van der Waals surface area contributed by atoms with E-state index in [1.807, 2.05) is 13.8 Å². The van der Waals surface area contributed by atoms with Gasteiger partial charge in [0.05, 0.1) is 14.7 Å². The number of phenolic OH excluding ortho intramolecular Hbond substituents is 1. The molecule has 0 radical (unpaired) electrons. The molecule has 3 aromatic carbocycles. The number of hydrogen-bond acceptors (Lipinski definition) is 5. The molecule has 0 bridgehead atoms. The average Bonchev–Trinajstić information content (AvgIpc) is 2.66. The van der Waals surface area contributed by atoms with E-state index in [1.165, 1.54) is 24.3 Å². The Labute approximate surface area is 171 Å². The van der Waals surface area contributed by atoms with Gasteiger partial charge in [-0.15, -0.1) is 0 Å². The van der Waals surface area contributed by atoms with Crippen molar-refractivity contribution in [1.82, 2.24) is 0 Å². The molecule has 152 valence electrons. The van der Waals surface area contributed by atoms with Crippen LogP contribution >= 0.6 is 0 Å². The van der Waals surface area contributed by atoms with Gasteiger partial charge in [-0.25, -0.2) is 16.8 Å². The highest BCUT2D eigenvalue weighted by atomic mass is 32.2. The Hall–Kier alpha value is -2.64. The molecule has 0 aliphatic rings. The zero-order valence-electron chi connectivity index (χ0n) is 16.6. The Morgan fingerprint density at radius 3 is 1.45 bits per heavy atom. The summed E-state index contributed by atoms with van der Waals surface area (Å²) in [7, 11) is -8.05. The monoisotopic (exact) mass is 430 g/mol. The number of aryl methyl sites for hydroxylation is 4. The Bertz CT molecular complexity index is 1320. The minimum Gasteiger partial charge on any atom is -0.507 e. The topological polar surface area (TPSA) is 88.5 Å². The quantitative estimate of drug-likeness (QED) is 0.667. The standard InChI is InChI=1S/C22H22O5S2/c1-14-5-7-18(11-16(14)3)28(24,25)20-9-10-21(23)22(13-20)29(26,27)19-8-6-15(2)17(4)12-19/h5-13,23H,1-4H3. The predicted octanol–water partition coefficient (Wildman–Crippen LogP) is 4.29. The van der Waals surface area contributed by atoms with Crippen molar-refractivity contribution in [1.29, 1.82) is 0 Å². The molecule has 0 saturated heterocycles. The molecule has 0 aliphatic heterocycles. The second-order valence-electron chi connectivity index (χ2n) is 7.13. The van der Waals surface area contributed by atoms with Gasteiger partial charge in [0, 0.05) is 0 Å². The van der Waals surface area contributed by atoms with Crippen LogP contribution in [0.15, 0.2) is 74.2 Å². The molecule has 0 aliphatic carbocycles. The maximum Gasteiger partial charge on any atom is 0.210 e. The van der Waals surface area contributed by atoms with Gasteiger partial charge >= 0.3 is 0 Å². The third kappa shape index (κ3) is 3.80. The number of sulfone groups is 2. The summed E-state index contributed by atoms with van der Waals surface area (Å²) in [4.78, 5) is -0.566. The van der Waals surface area contributed by atoms with Crippen molar-refractivity contribution in [3.05, 3.63) is 76.9 Å². The number of benzene rings is 3. The number of aromatic hydroxyl groups is 1. The third-order valence-electron chi connectivity index (χ3n) is 5.11. The molecule has 0 atom stereocenters. The van der Waals surface area contributed by atoms with E-state index in [0.717, 1.165) is 34.4 Å². The lowest BCUT2D eigenvalue weighted by molar-refractivity contribution is 0.458. The molecular weight excluding hydrogens is 408 g/mol. The highest BCUT2D eigenvalue weighted by Crippen LogP contribution is 2.33. The lowest BCUT2D eigenvalue weighted by Crippen LogP contribution is -2.07. The van der Waals surface area contributed by atoms with Crippen molar-refractivity contribution in [2.75, 3.05) is 0 Å². The molecule has 29 heavy (non-hydrogen) atoms. The van der Waals surface area contributed by atoms with Crippen molar-refractivity contribution < 1.29 is 21.9 Å². The first-order valence-electron chi connectivity index (χ1n) is 8.92. The van der Waals surface area contributed by atoms with Crippen LogP contribution in [0.4, 0.5) is 0 Å². The Morgan fingerprint density at radius 1 is 0.552 bits per heavy atom. The van der Waals surface area contributed by atoms with Crippen LogP contribution in [0.2, 0.25) is 0 Å². The second kappa shape index (κ2) is 7.31. The summed E-state index contributed by atoms with van der Waals surface area (Å²) in [6, 6.07) is 12.7. The van der Waals surface area contributed by atoms with Gasteiger partial charge in [-0.3, -0.25) is 0 Å². The van der Waals surface area contributed by atoms with Crippen LogP contribution in [0.25, 0.3) is 0 Å². The van der Waals surface area contributed by atoms with Crippen LogP contribution in [0.5, 0.6) is 5.75 Å². The van der Waals surface area contributed by atoms with Crippen molar-refractivity contribution in [2.24, 2.45) is 0 Å². The molecule has 0 heterocycles. The molecule has 0 unspecified atom stereocenters. The van der Waals surface area contributed by atoms with Crippen LogP contribution in [0.1, 0.15) is 22.3 Å². The molecule has 0 aromatic heterocycles. The fourth-order valence-electron chi connectivity index (χ4n) is 2.90. The fourth-order valence-corrected chi connectivity index (χ4v) is 5.81. The van der Waals surface area contributed by atoms with Crippen LogP contribution in [0, 0.1) is 27.7 Å². The Balaban J connectivity index is 2.17. The first-order valence-corrected chi connectivity index (χ1v) is 11.9. The van der Waals surface area contributed by atoms with Gasteiger partial charge in [-0.1, -0.05) is 12.1 Å². The van der Waals surface area contributed by atoms with E-state index in [9.17, 15) is 21.9 Å². The maximum atomic E-state index is 13.1. The molecule has 7 heteroatoms. The molecule has 3 rings (SSSR count). The van der Waals surface area contributed by atoms with E-state index >= 15 is 0 Å². The van der Waals surface area contributed by atoms with Gasteiger partial charge in [0.1, 0.15) is 10.6 Å². The van der Waals surface area contributed by atoms with Crippen LogP contribution in [-0.4, -0.2) is 21.9 Å². The van der Waals surface area contributed by atoms with Crippen molar-refractivity contribution >= 4 is 19.7 Å². The van der Waals surface area contributed by atoms with E-state index in [2.05, 4.69) is 0 Å². The Morgan fingerprint density at radius 2 is 0.966 bits per heavy atom. The summed E-state index contributed by atoms with van der Waals surface area (Å²) in [5.41, 5.74) is 3.48. The molecule has 3 aromatic rings. The van der Waals surface area contributed by atoms with Crippen LogP contribution < -0.4 is 0 Å². The highest BCUT2D eigenvalue weighted by molar-refractivity contribution is 7.92. The minimum atomic E-state index is -4.10. The second-order valence-corrected chi connectivity index (χ2v) is 11.0. The molecule has 1 N–H and O–H groups in total. The van der Waals surface area contributed by atoms with E-state index in [-0.39, 0.29) is 14.7 Å². The van der Waals surface area contributed by atoms with Crippen molar-refractivity contribution in [2.45, 2.75) is 47.3 Å². The SMILES string of the molecule is Cc1ccc(S(=O)(=O)c2ccc(O)c(S(=O)(=O)c3ccc(C)c(C)c3)c2)cc1C. The number of hydrogen-bond donors (Lipinski definition) is 1. The first kappa shape index (κ1) is 21.1. The van der Waals surface area contributed by atoms with Gasteiger partial charge in [0.15, 0.2) is 0 Å². The van der Waals surface area contributed by atoms with E-state index in [1.54, 1.807) is 32.0 Å². The fraction of sp³-hybridized carbons (Fsp3) is 0.182. The molecular formula is C22H22O5S2. The Kier molecular flexibility index (Phi) is 5.32. The van der Waals surface area contributed by atoms with Gasteiger partial charge < -0.3 is 5.11 Å². The third-order valence-corrected chi connectivity index (χ3v) is 8.64. The summed E-state index contributed by atoms with van der Waals surface area (Å²) in [5, 5.41) is 10.2. The van der Waals surface area contributed by atoms with Gasteiger partial charge in [-0.05, 0) is 92.4 Å². The number of phenols is 1. The maximum absolute atomic E-state index is 13.1. The van der Waals surface area contributed by atoms with E-state index in [4.69, 9.17) is 0 Å². The van der Waals surface area contributed by atoms with Gasteiger partial charge in [0.2, 0.25) is 19.7 Å². The highest BCUT2D eigenvalue weighted by Gasteiger charge is 2.26. The first-order chi connectivity index (χ1) is 13.4. The lowest BCUT2D eigenvalue weighted by Gasteiger charge is -2.12. The minimum absolute atomic E-state index is 0.00312. The molecule has 0 amide bonds. The summed E-state index contributed by atoms with van der Waals surface area (Å²) in [6.45, 7) is 7.33. The zero-order chi connectivity index (χ0) is 21.6. The van der Waals surface area contributed by atoms with E-state index < -0.39 is 30.3 Å². The van der Waals surface area contributed by atoms with Gasteiger partial charge in [-0.2, -0.15) is 0 Å². The average molecular weight is 431 g/mol. The summed E-state index contributed by atoms with van der Waals surface area (Å²) in [5.74, 6) is -0.498. The van der Waals surface area contributed by atoms with Crippen molar-refractivity contribution in [3.63, 3.8) is 0 Å².